The average molecular weight is 294 g/mol. The highest BCUT2D eigenvalue weighted by Crippen LogP contribution is 2.27. The van der Waals surface area contributed by atoms with Crippen molar-refractivity contribution in [3.8, 4) is 5.75 Å². The molecule has 114 valence electrons. The molecule has 1 aromatic carbocycles. The van der Waals surface area contributed by atoms with Gasteiger partial charge in [-0.3, -0.25) is 14.9 Å². The van der Waals surface area contributed by atoms with Crippen molar-refractivity contribution < 1.29 is 19.2 Å². The Hall–Kier alpha value is -2.15. The smallest absolute Gasteiger partial charge is 0.310 e. The minimum absolute atomic E-state index is 0.0576. The second-order valence-electron chi connectivity index (χ2n) is 4.96. The lowest BCUT2D eigenvalue weighted by atomic mass is 10.2. The number of nitrogens with one attached hydrogen (secondary N) is 1. The monoisotopic (exact) mass is 294 g/mol. The fourth-order valence-corrected chi connectivity index (χ4v) is 2.12. The highest BCUT2D eigenvalue weighted by molar-refractivity contribution is 5.77. The van der Waals surface area contributed by atoms with E-state index in [1.54, 1.807) is 19.1 Å². The summed E-state index contributed by atoms with van der Waals surface area (Å²) in [4.78, 5) is 22.0. The van der Waals surface area contributed by atoms with E-state index in [-0.39, 0.29) is 30.1 Å². The molecule has 21 heavy (non-hydrogen) atoms. The third-order valence-electron chi connectivity index (χ3n) is 3.22. The number of nitro benzene ring substituents is 1. The molecule has 1 saturated heterocycles. The molecule has 7 heteroatoms. The van der Waals surface area contributed by atoms with Crippen LogP contribution in [0.3, 0.4) is 0 Å². The highest BCUT2D eigenvalue weighted by atomic mass is 16.6. The van der Waals surface area contributed by atoms with E-state index >= 15 is 0 Å². The molecule has 0 radical (unpaired) electrons. The van der Waals surface area contributed by atoms with Crippen molar-refractivity contribution in [3.63, 3.8) is 0 Å². The molecule has 1 fully saturated rings. The second-order valence-corrected chi connectivity index (χ2v) is 4.96. The van der Waals surface area contributed by atoms with Gasteiger partial charge in [-0.05, 0) is 31.4 Å². The van der Waals surface area contributed by atoms with Gasteiger partial charge in [-0.25, -0.2) is 0 Å². The lowest BCUT2D eigenvalue weighted by molar-refractivity contribution is -0.385. The van der Waals surface area contributed by atoms with Crippen molar-refractivity contribution in [1.82, 2.24) is 5.32 Å². The fraction of sp³-hybridized carbons (Fsp3) is 0.500. The average Bonchev–Trinajstić information content (AvgIpc) is 2.96. The van der Waals surface area contributed by atoms with Crippen LogP contribution >= 0.6 is 0 Å². The van der Waals surface area contributed by atoms with Gasteiger partial charge >= 0.3 is 5.69 Å². The van der Waals surface area contributed by atoms with Gasteiger partial charge in [-0.15, -0.1) is 0 Å². The molecule has 1 aliphatic heterocycles. The SMILES string of the molecule is Cc1ccc([N+](=O)[O-])c(OCC(=O)NCC2CCCO2)c1. The van der Waals surface area contributed by atoms with Crippen molar-refractivity contribution in [1.29, 1.82) is 0 Å². The maximum Gasteiger partial charge on any atom is 0.310 e. The lowest BCUT2D eigenvalue weighted by Gasteiger charge is -2.11. The van der Waals surface area contributed by atoms with Gasteiger partial charge in [0.1, 0.15) is 0 Å². The zero-order chi connectivity index (χ0) is 15.2. The van der Waals surface area contributed by atoms with Crippen LogP contribution in [-0.4, -0.2) is 36.7 Å². The minimum Gasteiger partial charge on any atom is -0.477 e. The van der Waals surface area contributed by atoms with Gasteiger partial charge in [0.25, 0.3) is 5.91 Å². The van der Waals surface area contributed by atoms with Crippen LogP contribution in [0.4, 0.5) is 5.69 Å². The number of rotatable bonds is 6. The number of ether oxygens (including phenoxy) is 2. The first-order valence-electron chi connectivity index (χ1n) is 6.82. The summed E-state index contributed by atoms with van der Waals surface area (Å²) >= 11 is 0. The minimum atomic E-state index is -0.529. The highest BCUT2D eigenvalue weighted by Gasteiger charge is 2.18. The summed E-state index contributed by atoms with van der Waals surface area (Å²) in [5.74, 6) is -0.214. The Balaban J connectivity index is 1.85. The van der Waals surface area contributed by atoms with Gasteiger partial charge in [-0.2, -0.15) is 0 Å². The fourth-order valence-electron chi connectivity index (χ4n) is 2.12. The second kappa shape index (κ2) is 7.03. The van der Waals surface area contributed by atoms with E-state index in [1.807, 2.05) is 0 Å². The quantitative estimate of drug-likeness (QED) is 0.635. The summed E-state index contributed by atoms with van der Waals surface area (Å²) < 4.78 is 10.6. The lowest BCUT2D eigenvalue weighted by Crippen LogP contribution is -2.35. The van der Waals surface area contributed by atoms with Crippen molar-refractivity contribution in [3.05, 3.63) is 33.9 Å². The van der Waals surface area contributed by atoms with E-state index in [0.717, 1.165) is 25.0 Å². The molecule has 1 amide bonds. The number of hydrogen-bond acceptors (Lipinski definition) is 5. The molecule has 1 unspecified atom stereocenters. The third kappa shape index (κ3) is 4.42. The molecule has 7 nitrogen and oxygen atoms in total. The van der Waals surface area contributed by atoms with Crippen LogP contribution in [0, 0.1) is 17.0 Å². The molecule has 1 N–H and O–H groups in total. The topological polar surface area (TPSA) is 90.7 Å². The van der Waals surface area contributed by atoms with Crippen LogP contribution in [0.15, 0.2) is 18.2 Å². The van der Waals surface area contributed by atoms with E-state index in [4.69, 9.17) is 9.47 Å². The van der Waals surface area contributed by atoms with Crippen molar-refractivity contribution in [2.24, 2.45) is 0 Å². The van der Waals surface area contributed by atoms with Crippen LogP contribution in [-0.2, 0) is 9.53 Å². The first-order valence-corrected chi connectivity index (χ1v) is 6.82. The van der Waals surface area contributed by atoms with Crippen molar-refractivity contribution in [2.45, 2.75) is 25.9 Å². The molecule has 0 saturated carbocycles. The van der Waals surface area contributed by atoms with Crippen LogP contribution in [0.5, 0.6) is 5.75 Å². The number of nitrogens with zero attached hydrogens (tertiary/aromatic N) is 1. The van der Waals surface area contributed by atoms with Crippen LogP contribution < -0.4 is 10.1 Å². The van der Waals surface area contributed by atoms with E-state index in [2.05, 4.69) is 5.32 Å². The third-order valence-corrected chi connectivity index (χ3v) is 3.22. The van der Waals surface area contributed by atoms with Crippen molar-refractivity contribution in [2.75, 3.05) is 19.8 Å². The predicted octanol–water partition coefficient (Wildman–Crippen LogP) is 1.58. The van der Waals surface area contributed by atoms with Gasteiger partial charge in [0.15, 0.2) is 12.4 Å². The predicted molar refractivity (Wildman–Crippen MR) is 75.3 cm³/mol. The molecule has 0 aliphatic carbocycles. The Morgan fingerprint density at radius 1 is 1.57 bits per heavy atom. The summed E-state index contributed by atoms with van der Waals surface area (Å²) in [6.07, 6.45) is 2.00. The summed E-state index contributed by atoms with van der Waals surface area (Å²) in [7, 11) is 0. The molecule has 1 aromatic rings. The zero-order valence-electron chi connectivity index (χ0n) is 11.8. The van der Waals surface area contributed by atoms with Gasteiger partial charge in [0.05, 0.1) is 11.0 Å². The van der Waals surface area contributed by atoms with E-state index in [9.17, 15) is 14.9 Å². The van der Waals surface area contributed by atoms with E-state index < -0.39 is 4.92 Å². The Labute approximate surface area is 122 Å². The molecule has 2 rings (SSSR count). The molecule has 0 bridgehead atoms. The van der Waals surface area contributed by atoms with Gasteiger partial charge in [0.2, 0.25) is 0 Å². The van der Waals surface area contributed by atoms with Gasteiger partial charge in [-0.1, -0.05) is 6.07 Å². The van der Waals surface area contributed by atoms with Gasteiger partial charge in [0, 0.05) is 19.2 Å². The van der Waals surface area contributed by atoms with Gasteiger partial charge < -0.3 is 14.8 Å². The molecule has 1 aliphatic rings. The molecule has 0 spiro atoms. The normalized spacial score (nSPS) is 17.5. The van der Waals surface area contributed by atoms with Crippen LogP contribution in [0.25, 0.3) is 0 Å². The largest absolute Gasteiger partial charge is 0.477 e. The molecule has 0 aromatic heterocycles. The van der Waals surface area contributed by atoms with E-state index in [0.29, 0.717) is 6.54 Å². The molecular formula is C14H18N2O5. The number of carbonyl (C=O) groups is 1. The summed E-state index contributed by atoms with van der Waals surface area (Å²) in [5, 5.41) is 13.6. The Morgan fingerprint density at radius 3 is 3.05 bits per heavy atom. The maximum absolute atomic E-state index is 11.7. The number of carbonyl (C=O) groups excluding carboxylic acids is 1. The summed E-state index contributed by atoms with van der Waals surface area (Å²) in [6, 6.07) is 4.54. The molecule has 1 heterocycles. The van der Waals surface area contributed by atoms with Crippen LogP contribution in [0.1, 0.15) is 18.4 Å². The molecular weight excluding hydrogens is 276 g/mol. The number of benzene rings is 1. The first-order chi connectivity index (χ1) is 10.1. The zero-order valence-corrected chi connectivity index (χ0v) is 11.8. The number of hydrogen-bond donors (Lipinski definition) is 1. The van der Waals surface area contributed by atoms with E-state index in [1.165, 1.54) is 6.07 Å². The summed E-state index contributed by atoms with van der Waals surface area (Å²) in [5.41, 5.74) is 0.683. The number of amides is 1. The number of aryl methyl sites for hydroxylation is 1. The Morgan fingerprint density at radius 2 is 2.38 bits per heavy atom. The maximum atomic E-state index is 11.7. The Kier molecular flexibility index (Phi) is 5.10. The standard InChI is InChI=1S/C14H18N2O5/c1-10-4-5-12(16(18)19)13(7-10)21-9-14(17)15-8-11-3-2-6-20-11/h4-5,7,11H,2-3,6,8-9H2,1H3,(H,15,17). The molecule has 1 atom stereocenters. The van der Waals surface area contributed by atoms with Crippen molar-refractivity contribution >= 4 is 11.6 Å². The first kappa shape index (κ1) is 15.2. The Bertz CT molecular complexity index is 526. The summed E-state index contributed by atoms with van der Waals surface area (Å²) in [6.45, 7) is 2.72. The van der Waals surface area contributed by atoms with Crippen LogP contribution in [0.2, 0.25) is 0 Å². The number of nitro groups is 1.